The largest absolute Gasteiger partial charge is 0.497 e. The molecule has 9 nitrogen and oxygen atoms in total. The maximum absolute atomic E-state index is 11.7. The third kappa shape index (κ3) is 5.38. The lowest BCUT2D eigenvalue weighted by molar-refractivity contribution is -0.124. The Morgan fingerprint density at radius 2 is 2.07 bits per heavy atom. The first-order valence-electron chi connectivity index (χ1n) is 10.0. The molecule has 0 aromatic heterocycles. The maximum Gasteiger partial charge on any atom is 0.324 e. The molecule has 0 spiro atoms. The molecular formula is C20H30N6O3. The molecule has 2 heterocycles. The molecule has 2 aliphatic rings. The summed E-state index contributed by atoms with van der Waals surface area (Å²) in [5.74, 6) is 1.29. The summed E-state index contributed by atoms with van der Waals surface area (Å²) in [5.41, 5.74) is 1.20. The first-order valence-corrected chi connectivity index (χ1v) is 10.0. The monoisotopic (exact) mass is 402 g/mol. The van der Waals surface area contributed by atoms with Crippen molar-refractivity contribution in [2.24, 2.45) is 4.99 Å². The van der Waals surface area contributed by atoms with E-state index in [1.54, 1.807) is 14.2 Å². The molecule has 0 aliphatic carbocycles. The highest BCUT2D eigenvalue weighted by Crippen LogP contribution is 2.27. The number of benzene rings is 1. The van der Waals surface area contributed by atoms with Crippen LogP contribution in [0.1, 0.15) is 24.4 Å². The molecular weight excluding hydrogens is 372 g/mol. The summed E-state index contributed by atoms with van der Waals surface area (Å²) in [7, 11) is 3.39. The van der Waals surface area contributed by atoms with Crippen LogP contribution in [-0.4, -0.2) is 81.1 Å². The van der Waals surface area contributed by atoms with E-state index in [0.717, 1.165) is 18.8 Å². The molecule has 3 rings (SSSR count). The van der Waals surface area contributed by atoms with Gasteiger partial charge in [0.25, 0.3) is 0 Å². The normalized spacial score (nSPS) is 18.7. The Bertz CT molecular complexity index is 731. The van der Waals surface area contributed by atoms with Gasteiger partial charge in [0.05, 0.1) is 19.7 Å². The third-order valence-corrected chi connectivity index (χ3v) is 5.31. The van der Waals surface area contributed by atoms with E-state index in [1.165, 1.54) is 23.3 Å². The zero-order chi connectivity index (χ0) is 20.6. The summed E-state index contributed by atoms with van der Waals surface area (Å²) in [6, 6.07) is 8.04. The highest BCUT2D eigenvalue weighted by Gasteiger charge is 2.28. The van der Waals surface area contributed by atoms with Crippen LogP contribution in [0.2, 0.25) is 0 Å². The SMILES string of the molecule is CN=C(NCCN1C(=O)CNC1=O)NCC(c1cccc(OC)c1)N1CCCC1. The van der Waals surface area contributed by atoms with Crippen molar-refractivity contribution in [2.75, 3.05) is 53.4 Å². The summed E-state index contributed by atoms with van der Waals surface area (Å²) in [4.78, 5) is 31.2. The lowest BCUT2D eigenvalue weighted by Crippen LogP contribution is -2.45. The van der Waals surface area contributed by atoms with Gasteiger partial charge in [-0.05, 0) is 43.6 Å². The van der Waals surface area contributed by atoms with E-state index in [2.05, 4.69) is 38.0 Å². The quantitative estimate of drug-likeness (QED) is 0.334. The average Bonchev–Trinajstić information content (AvgIpc) is 3.38. The number of imide groups is 1. The van der Waals surface area contributed by atoms with Crippen LogP contribution in [0.5, 0.6) is 5.75 Å². The molecule has 0 radical (unpaired) electrons. The van der Waals surface area contributed by atoms with E-state index in [9.17, 15) is 9.59 Å². The molecule has 3 amide bonds. The number of hydrogen-bond donors (Lipinski definition) is 3. The number of nitrogens with one attached hydrogen (secondary N) is 3. The van der Waals surface area contributed by atoms with Gasteiger partial charge in [-0.2, -0.15) is 0 Å². The number of amides is 3. The Labute approximate surface area is 171 Å². The second kappa shape index (κ2) is 10.1. The Kier molecular flexibility index (Phi) is 7.29. The van der Waals surface area contributed by atoms with E-state index in [1.807, 2.05) is 12.1 Å². The predicted octanol–water partition coefficient (Wildman–Crippen LogP) is 0.549. The molecule has 1 aromatic carbocycles. The summed E-state index contributed by atoms with van der Waals surface area (Å²) in [5, 5.41) is 9.08. The van der Waals surface area contributed by atoms with Gasteiger partial charge in [-0.25, -0.2) is 4.79 Å². The Morgan fingerprint density at radius 1 is 1.28 bits per heavy atom. The smallest absolute Gasteiger partial charge is 0.324 e. The molecule has 0 bridgehead atoms. The molecule has 9 heteroatoms. The third-order valence-electron chi connectivity index (χ3n) is 5.31. The fourth-order valence-electron chi connectivity index (χ4n) is 3.74. The summed E-state index contributed by atoms with van der Waals surface area (Å²) in [6.07, 6.45) is 2.42. The number of carbonyl (C=O) groups is 2. The van der Waals surface area contributed by atoms with Crippen LogP contribution in [0.3, 0.4) is 0 Å². The van der Waals surface area contributed by atoms with Crippen LogP contribution in [0.4, 0.5) is 4.79 Å². The van der Waals surface area contributed by atoms with Crippen molar-refractivity contribution in [1.29, 1.82) is 0 Å². The lowest BCUT2D eigenvalue weighted by atomic mass is 10.1. The van der Waals surface area contributed by atoms with E-state index in [-0.39, 0.29) is 24.5 Å². The number of aliphatic imine (C=N–C) groups is 1. The summed E-state index contributed by atoms with van der Waals surface area (Å²) < 4.78 is 5.39. The topological polar surface area (TPSA) is 98.3 Å². The number of hydrogen-bond acceptors (Lipinski definition) is 5. The van der Waals surface area contributed by atoms with Crippen molar-refractivity contribution in [3.8, 4) is 5.75 Å². The van der Waals surface area contributed by atoms with Gasteiger partial charge in [-0.3, -0.25) is 19.6 Å². The molecule has 2 saturated heterocycles. The molecule has 1 aromatic rings. The van der Waals surface area contributed by atoms with Gasteiger partial charge in [0.15, 0.2) is 5.96 Å². The van der Waals surface area contributed by atoms with Gasteiger partial charge >= 0.3 is 6.03 Å². The number of methoxy groups -OCH3 is 1. The summed E-state index contributed by atoms with van der Waals surface area (Å²) in [6.45, 7) is 3.65. The average molecular weight is 402 g/mol. The van der Waals surface area contributed by atoms with Crippen molar-refractivity contribution >= 4 is 17.9 Å². The zero-order valence-corrected chi connectivity index (χ0v) is 17.1. The Morgan fingerprint density at radius 3 is 2.72 bits per heavy atom. The van der Waals surface area contributed by atoms with E-state index in [4.69, 9.17) is 4.74 Å². The predicted molar refractivity (Wildman–Crippen MR) is 111 cm³/mol. The standard InChI is InChI=1S/C20H30N6O3/c1-21-19(22-8-11-26-18(27)14-24-20(26)28)23-13-17(25-9-3-4-10-25)15-6-5-7-16(12-15)29-2/h5-7,12,17H,3-4,8-11,13-14H2,1-2H3,(H,24,28)(H2,21,22,23). The first-order chi connectivity index (χ1) is 14.1. The Balaban J connectivity index is 1.57. The van der Waals surface area contributed by atoms with Crippen LogP contribution >= 0.6 is 0 Å². The minimum Gasteiger partial charge on any atom is -0.497 e. The second-order valence-corrected chi connectivity index (χ2v) is 7.12. The first kappa shape index (κ1) is 20.9. The van der Waals surface area contributed by atoms with Gasteiger partial charge in [0.2, 0.25) is 5.91 Å². The van der Waals surface area contributed by atoms with Crippen LogP contribution in [0.15, 0.2) is 29.3 Å². The number of carbonyl (C=O) groups excluding carboxylic acids is 2. The van der Waals surface area contributed by atoms with Gasteiger partial charge < -0.3 is 20.7 Å². The molecule has 0 saturated carbocycles. The molecule has 1 atom stereocenters. The van der Waals surface area contributed by atoms with Crippen molar-refractivity contribution in [2.45, 2.75) is 18.9 Å². The van der Waals surface area contributed by atoms with Gasteiger partial charge in [0.1, 0.15) is 5.75 Å². The molecule has 158 valence electrons. The zero-order valence-electron chi connectivity index (χ0n) is 17.1. The van der Waals surface area contributed by atoms with E-state index >= 15 is 0 Å². The fraction of sp³-hybridized carbons (Fsp3) is 0.550. The number of ether oxygens (including phenoxy) is 1. The number of guanidine groups is 1. The van der Waals surface area contributed by atoms with Gasteiger partial charge in [0, 0.05) is 26.7 Å². The number of urea groups is 1. The van der Waals surface area contributed by atoms with E-state index in [0.29, 0.717) is 25.6 Å². The van der Waals surface area contributed by atoms with Crippen LogP contribution < -0.4 is 20.7 Å². The van der Waals surface area contributed by atoms with Crippen LogP contribution in [0, 0.1) is 0 Å². The van der Waals surface area contributed by atoms with Gasteiger partial charge in [-0.15, -0.1) is 0 Å². The van der Waals surface area contributed by atoms with Crippen molar-refractivity contribution < 1.29 is 14.3 Å². The van der Waals surface area contributed by atoms with Crippen molar-refractivity contribution in [3.63, 3.8) is 0 Å². The van der Waals surface area contributed by atoms with Crippen LogP contribution in [-0.2, 0) is 4.79 Å². The van der Waals surface area contributed by atoms with Crippen molar-refractivity contribution in [3.05, 3.63) is 29.8 Å². The highest BCUT2D eigenvalue weighted by molar-refractivity contribution is 6.01. The molecule has 2 fully saturated rings. The Hall–Kier alpha value is -2.81. The summed E-state index contributed by atoms with van der Waals surface area (Å²) >= 11 is 0. The number of nitrogens with zero attached hydrogens (tertiary/aromatic N) is 3. The van der Waals surface area contributed by atoms with Crippen molar-refractivity contribution in [1.82, 2.24) is 25.8 Å². The maximum atomic E-state index is 11.7. The minimum absolute atomic E-state index is 0.0733. The number of rotatable bonds is 8. The van der Waals surface area contributed by atoms with Crippen LogP contribution in [0.25, 0.3) is 0 Å². The lowest BCUT2D eigenvalue weighted by Gasteiger charge is -2.29. The molecule has 29 heavy (non-hydrogen) atoms. The number of likely N-dealkylation sites (tertiary alicyclic amines) is 1. The fourth-order valence-corrected chi connectivity index (χ4v) is 3.74. The highest BCUT2D eigenvalue weighted by atomic mass is 16.5. The van der Waals surface area contributed by atoms with Gasteiger partial charge in [-0.1, -0.05) is 12.1 Å². The molecule has 1 unspecified atom stereocenters. The molecule has 3 N–H and O–H groups in total. The minimum atomic E-state index is -0.341. The second-order valence-electron chi connectivity index (χ2n) is 7.12. The van der Waals surface area contributed by atoms with E-state index < -0.39 is 0 Å². The molecule has 2 aliphatic heterocycles.